The Morgan fingerprint density at radius 3 is 2.56 bits per heavy atom. The molecule has 4 nitrogen and oxygen atoms in total. The molecule has 4 rings (SSSR count). The van der Waals surface area contributed by atoms with Crippen molar-refractivity contribution in [3.63, 3.8) is 0 Å². The van der Waals surface area contributed by atoms with Gasteiger partial charge in [0, 0.05) is 28.6 Å². The van der Waals surface area contributed by atoms with Gasteiger partial charge >= 0.3 is 0 Å². The highest BCUT2D eigenvalue weighted by Gasteiger charge is 2.31. The molecule has 1 saturated heterocycles. The SMILES string of the molecule is Cc1cccc(-n2c(C)cc(/C=C3\SC(=Nc4ccc(Br)c(Cl)c4)N(C)C3=O)c2C)c1C. The quantitative estimate of drug-likeness (QED) is 0.333. The third kappa shape index (κ3) is 4.19. The van der Waals surface area contributed by atoms with E-state index in [4.69, 9.17) is 11.6 Å². The van der Waals surface area contributed by atoms with E-state index in [0.29, 0.717) is 20.8 Å². The molecule has 7 heteroatoms. The molecule has 1 fully saturated rings. The van der Waals surface area contributed by atoms with E-state index in [1.807, 2.05) is 18.2 Å². The first-order valence-electron chi connectivity index (χ1n) is 10.1. The molecule has 0 radical (unpaired) electrons. The van der Waals surface area contributed by atoms with Gasteiger partial charge in [0.05, 0.1) is 15.6 Å². The smallest absolute Gasteiger partial charge is 0.266 e. The number of rotatable bonds is 3. The molecule has 0 bridgehead atoms. The van der Waals surface area contributed by atoms with Gasteiger partial charge in [-0.15, -0.1) is 0 Å². The van der Waals surface area contributed by atoms with Gasteiger partial charge in [0.2, 0.25) is 0 Å². The molecule has 1 aliphatic rings. The first kappa shape index (κ1) is 22.9. The maximum absolute atomic E-state index is 12.9. The Balaban J connectivity index is 1.70. The normalized spacial score (nSPS) is 16.6. The van der Waals surface area contributed by atoms with Gasteiger partial charge in [0.25, 0.3) is 5.91 Å². The van der Waals surface area contributed by atoms with Gasteiger partial charge in [0.15, 0.2) is 5.17 Å². The van der Waals surface area contributed by atoms with Crippen LogP contribution in [0.2, 0.25) is 5.02 Å². The molecule has 0 saturated carbocycles. The second kappa shape index (κ2) is 8.93. The van der Waals surface area contributed by atoms with Crippen molar-refractivity contribution < 1.29 is 4.79 Å². The maximum atomic E-state index is 12.9. The third-order valence-corrected chi connectivity index (χ3v) is 8.00. The molecule has 1 amide bonds. The van der Waals surface area contributed by atoms with Gasteiger partial charge in [-0.1, -0.05) is 23.7 Å². The lowest BCUT2D eigenvalue weighted by atomic mass is 10.1. The summed E-state index contributed by atoms with van der Waals surface area (Å²) in [4.78, 5) is 19.8. The molecule has 3 aromatic rings. The molecule has 0 atom stereocenters. The Bertz CT molecular complexity index is 1310. The Kier molecular flexibility index (Phi) is 6.39. The molecule has 2 heterocycles. The fraction of sp³-hybridized carbons (Fsp3) is 0.200. The number of likely N-dealkylation sites (N-methyl/N-ethyl adjacent to an activating group) is 1. The van der Waals surface area contributed by atoms with E-state index in [0.717, 1.165) is 21.4 Å². The highest BCUT2D eigenvalue weighted by molar-refractivity contribution is 9.10. The zero-order chi connectivity index (χ0) is 23.2. The van der Waals surface area contributed by atoms with Crippen LogP contribution in [0.15, 0.2) is 56.8 Å². The monoisotopic (exact) mass is 527 g/mol. The van der Waals surface area contributed by atoms with Crippen molar-refractivity contribution in [3.8, 4) is 5.69 Å². The fourth-order valence-electron chi connectivity index (χ4n) is 3.74. The average molecular weight is 529 g/mol. The van der Waals surface area contributed by atoms with Crippen LogP contribution in [-0.2, 0) is 4.79 Å². The van der Waals surface area contributed by atoms with Crippen molar-refractivity contribution in [2.75, 3.05) is 7.05 Å². The van der Waals surface area contributed by atoms with E-state index in [1.54, 1.807) is 18.0 Å². The summed E-state index contributed by atoms with van der Waals surface area (Å²) in [5.74, 6) is -0.0616. The molecular formula is C25H23BrClN3OS. The first-order valence-corrected chi connectivity index (χ1v) is 12.1. The number of hydrogen-bond donors (Lipinski definition) is 0. The lowest BCUT2D eigenvalue weighted by Gasteiger charge is -2.14. The number of benzene rings is 2. The van der Waals surface area contributed by atoms with E-state index < -0.39 is 0 Å². The van der Waals surface area contributed by atoms with Crippen LogP contribution >= 0.6 is 39.3 Å². The lowest BCUT2D eigenvalue weighted by Crippen LogP contribution is -2.23. The topological polar surface area (TPSA) is 37.6 Å². The predicted octanol–water partition coefficient (Wildman–Crippen LogP) is 7.36. The summed E-state index contributed by atoms with van der Waals surface area (Å²) in [7, 11) is 1.74. The highest BCUT2D eigenvalue weighted by Crippen LogP contribution is 2.36. The number of carbonyl (C=O) groups excluding carboxylic acids is 1. The van der Waals surface area contributed by atoms with Gasteiger partial charge < -0.3 is 4.57 Å². The largest absolute Gasteiger partial charge is 0.318 e. The van der Waals surface area contributed by atoms with E-state index in [2.05, 4.69) is 77.4 Å². The number of hydrogen-bond acceptors (Lipinski definition) is 3. The zero-order valence-corrected chi connectivity index (χ0v) is 21.7. The fourth-order valence-corrected chi connectivity index (χ4v) is 5.14. The molecule has 1 aromatic heterocycles. The number of halogens is 2. The maximum Gasteiger partial charge on any atom is 0.266 e. The van der Waals surface area contributed by atoms with Gasteiger partial charge in [-0.2, -0.15) is 0 Å². The van der Waals surface area contributed by atoms with Crippen molar-refractivity contribution in [2.24, 2.45) is 4.99 Å². The van der Waals surface area contributed by atoms with Crippen LogP contribution in [-0.4, -0.2) is 27.6 Å². The molecular weight excluding hydrogens is 506 g/mol. The Morgan fingerprint density at radius 2 is 1.84 bits per heavy atom. The number of thioether (sulfide) groups is 1. The molecule has 2 aromatic carbocycles. The minimum absolute atomic E-state index is 0.0616. The number of carbonyl (C=O) groups is 1. The van der Waals surface area contributed by atoms with Crippen LogP contribution < -0.4 is 0 Å². The van der Waals surface area contributed by atoms with Crippen molar-refractivity contribution in [2.45, 2.75) is 27.7 Å². The van der Waals surface area contributed by atoms with E-state index in [1.165, 1.54) is 28.6 Å². The van der Waals surface area contributed by atoms with Crippen molar-refractivity contribution >= 4 is 62.1 Å². The lowest BCUT2D eigenvalue weighted by molar-refractivity contribution is -0.121. The predicted molar refractivity (Wildman–Crippen MR) is 139 cm³/mol. The van der Waals surface area contributed by atoms with Crippen LogP contribution in [0.5, 0.6) is 0 Å². The Morgan fingerprint density at radius 1 is 1.09 bits per heavy atom. The molecule has 0 aliphatic carbocycles. The molecule has 164 valence electrons. The molecule has 0 unspecified atom stereocenters. The van der Waals surface area contributed by atoms with Crippen LogP contribution in [0.3, 0.4) is 0 Å². The second-order valence-corrected chi connectivity index (χ2v) is 10.1. The number of nitrogens with zero attached hydrogens (tertiary/aromatic N) is 3. The van der Waals surface area contributed by atoms with Gasteiger partial charge in [-0.3, -0.25) is 9.69 Å². The Labute approximate surface area is 206 Å². The first-order chi connectivity index (χ1) is 15.2. The standard InChI is InChI=1S/C25H23BrClN3OS/c1-14-7-6-8-22(16(14)3)30-15(2)11-18(17(30)4)12-23-24(31)29(5)25(32-23)28-19-9-10-20(26)21(27)13-19/h6-13H,1-5H3/b23-12-,28-25?. The van der Waals surface area contributed by atoms with Crippen LogP contribution in [0, 0.1) is 27.7 Å². The molecule has 0 N–H and O–H groups in total. The molecule has 1 aliphatic heterocycles. The third-order valence-electron chi connectivity index (χ3n) is 5.71. The highest BCUT2D eigenvalue weighted by atomic mass is 79.9. The van der Waals surface area contributed by atoms with Crippen molar-refractivity contribution in [3.05, 3.63) is 84.9 Å². The van der Waals surface area contributed by atoms with Gasteiger partial charge in [-0.25, -0.2) is 4.99 Å². The van der Waals surface area contributed by atoms with Crippen molar-refractivity contribution in [1.29, 1.82) is 0 Å². The van der Waals surface area contributed by atoms with Crippen LogP contribution in [0.4, 0.5) is 5.69 Å². The number of aryl methyl sites for hydroxylation is 2. The summed E-state index contributed by atoms with van der Waals surface area (Å²) < 4.78 is 3.06. The summed E-state index contributed by atoms with van der Waals surface area (Å²) in [6.45, 7) is 8.45. The zero-order valence-electron chi connectivity index (χ0n) is 18.5. The van der Waals surface area contributed by atoms with Gasteiger partial charge in [-0.05, 0) is 108 Å². The van der Waals surface area contributed by atoms with Crippen molar-refractivity contribution in [1.82, 2.24) is 9.47 Å². The Hall–Kier alpha value is -2.28. The average Bonchev–Trinajstić information content (AvgIpc) is 3.17. The van der Waals surface area contributed by atoms with Gasteiger partial charge in [0.1, 0.15) is 0 Å². The summed E-state index contributed by atoms with van der Waals surface area (Å²) in [6, 6.07) is 14.0. The second-order valence-electron chi connectivity index (χ2n) is 7.85. The van der Waals surface area contributed by atoms with E-state index >= 15 is 0 Å². The summed E-state index contributed by atoms with van der Waals surface area (Å²) in [5.41, 5.74) is 7.64. The van der Waals surface area contributed by atoms with E-state index in [9.17, 15) is 4.79 Å². The van der Waals surface area contributed by atoms with E-state index in [-0.39, 0.29) is 5.91 Å². The number of amidine groups is 1. The minimum atomic E-state index is -0.0616. The number of amides is 1. The summed E-state index contributed by atoms with van der Waals surface area (Å²) in [6.07, 6.45) is 1.96. The number of aliphatic imine (C=N–C) groups is 1. The van der Waals surface area contributed by atoms with Crippen LogP contribution in [0.25, 0.3) is 11.8 Å². The number of aromatic nitrogens is 1. The minimum Gasteiger partial charge on any atom is -0.318 e. The molecule has 0 spiro atoms. The summed E-state index contributed by atoms with van der Waals surface area (Å²) >= 11 is 11.0. The summed E-state index contributed by atoms with van der Waals surface area (Å²) in [5, 5.41) is 1.21. The molecule has 32 heavy (non-hydrogen) atoms. The van der Waals surface area contributed by atoms with Crippen LogP contribution in [0.1, 0.15) is 28.1 Å².